The van der Waals surface area contributed by atoms with E-state index in [0.717, 1.165) is 16.9 Å². The predicted molar refractivity (Wildman–Crippen MR) is 107 cm³/mol. The molecule has 1 aliphatic heterocycles. The van der Waals surface area contributed by atoms with E-state index in [0.29, 0.717) is 34.8 Å². The maximum Gasteiger partial charge on any atom is 0.248 e. The molecule has 1 aliphatic rings. The van der Waals surface area contributed by atoms with Gasteiger partial charge >= 0.3 is 0 Å². The van der Waals surface area contributed by atoms with Gasteiger partial charge in [-0.3, -0.25) is 14.6 Å². The Balaban J connectivity index is 1.51. The lowest BCUT2D eigenvalue weighted by Crippen LogP contribution is -2.10. The summed E-state index contributed by atoms with van der Waals surface area (Å²) in [5.41, 5.74) is 10.1. The molecule has 0 aliphatic carbocycles. The highest BCUT2D eigenvalue weighted by atomic mass is 16.2. The summed E-state index contributed by atoms with van der Waals surface area (Å²) in [6, 6.07) is 12.5. The number of nitrogens with two attached hydrogens (primary N) is 1. The third-order valence-electron chi connectivity index (χ3n) is 4.66. The number of hydrogen-bond donors (Lipinski definition) is 3. The molecular formula is C20H15N7O2. The summed E-state index contributed by atoms with van der Waals surface area (Å²) in [7, 11) is 0. The molecule has 29 heavy (non-hydrogen) atoms. The zero-order valence-electron chi connectivity index (χ0n) is 15.1. The van der Waals surface area contributed by atoms with Crippen LogP contribution in [0.3, 0.4) is 0 Å². The molecule has 2 aromatic heterocycles. The standard InChI is InChI=1S/C20H15N7O2/c21-18(29)12-3-1-2-11(8-12)17-19-25-20(26-27(19)7-6-22-17)23-14-4-5-15-13(9-14)10-16(28)24-15/h1-9H,10H2,(H2,21,29)(H,23,26)(H,24,28). The van der Waals surface area contributed by atoms with Crippen molar-refractivity contribution in [2.24, 2.45) is 5.73 Å². The second-order valence-electron chi connectivity index (χ2n) is 6.65. The molecule has 5 rings (SSSR count). The fraction of sp³-hybridized carbons (Fsp3) is 0.0500. The fourth-order valence-corrected chi connectivity index (χ4v) is 3.33. The second-order valence-corrected chi connectivity index (χ2v) is 6.65. The topological polar surface area (TPSA) is 127 Å². The molecule has 0 saturated carbocycles. The Hall–Kier alpha value is -4.27. The van der Waals surface area contributed by atoms with Gasteiger partial charge in [0, 0.05) is 34.9 Å². The van der Waals surface area contributed by atoms with Crippen molar-refractivity contribution in [2.75, 3.05) is 10.6 Å². The Bertz CT molecular complexity index is 1300. The van der Waals surface area contributed by atoms with E-state index in [1.165, 1.54) is 0 Å². The van der Waals surface area contributed by atoms with Gasteiger partial charge in [0.25, 0.3) is 0 Å². The lowest BCUT2D eigenvalue weighted by molar-refractivity contribution is -0.115. The van der Waals surface area contributed by atoms with Crippen molar-refractivity contribution in [1.82, 2.24) is 19.6 Å². The third kappa shape index (κ3) is 3.04. The van der Waals surface area contributed by atoms with E-state index in [1.807, 2.05) is 24.3 Å². The number of nitrogens with zero attached hydrogens (tertiary/aromatic N) is 4. The Kier molecular flexibility index (Phi) is 3.73. The van der Waals surface area contributed by atoms with Crippen LogP contribution in [-0.4, -0.2) is 31.4 Å². The second kappa shape index (κ2) is 6.41. The van der Waals surface area contributed by atoms with Gasteiger partial charge in [-0.1, -0.05) is 12.1 Å². The van der Waals surface area contributed by atoms with E-state index in [1.54, 1.807) is 35.1 Å². The van der Waals surface area contributed by atoms with Crippen LogP contribution in [0.25, 0.3) is 16.9 Å². The SMILES string of the molecule is NC(=O)c1cccc(-c2nccn3nc(Nc4ccc5c(c4)CC(=O)N5)nc23)c1. The number of benzene rings is 2. The van der Waals surface area contributed by atoms with Gasteiger partial charge in [-0.05, 0) is 35.9 Å². The molecule has 2 aromatic carbocycles. The van der Waals surface area contributed by atoms with E-state index in [-0.39, 0.29) is 5.91 Å². The van der Waals surface area contributed by atoms with Crippen LogP contribution in [0.2, 0.25) is 0 Å². The lowest BCUT2D eigenvalue weighted by Gasteiger charge is -2.04. The highest BCUT2D eigenvalue weighted by molar-refractivity contribution is 5.99. The van der Waals surface area contributed by atoms with Gasteiger partial charge in [0.1, 0.15) is 5.69 Å². The summed E-state index contributed by atoms with van der Waals surface area (Å²) >= 11 is 0. The number of primary amides is 1. The normalized spacial score (nSPS) is 12.6. The van der Waals surface area contributed by atoms with E-state index < -0.39 is 5.91 Å². The molecule has 3 heterocycles. The molecule has 9 nitrogen and oxygen atoms in total. The molecule has 0 radical (unpaired) electrons. The van der Waals surface area contributed by atoms with Crippen LogP contribution in [0.15, 0.2) is 54.9 Å². The summed E-state index contributed by atoms with van der Waals surface area (Å²) in [6.07, 6.45) is 3.67. The maximum absolute atomic E-state index is 11.5. The Morgan fingerprint density at radius 2 is 2.10 bits per heavy atom. The summed E-state index contributed by atoms with van der Waals surface area (Å²) < 4.78 is 1.61. The highest BCUT2D eigenvalue weighted by Crippen LogP contribution is 2.28. The first kappa shape index (κ1) is 16.9. The molecule has 0 bridgehead atoms. The molecule has 4 N–H and O–H groups in total. The van der Waals surface area contributed by atoms with Crippen molar-refractivity contribution in [3.8, 4) is 11.3 Å². The maximum atomic E-state index is 11.5. The first-order valence-electron chi connectivity index (χ1n) is 8.88. The van der Waals surface area contributed by atoms with Crippen LogP contribution in [0.1, 0.15) is 15.9 Å². The molecule has 9 heteroatoms. The van der Waals surface area contributed by atoms with Crippen LogP contribution in [0.5, 0.6) is 0 Å². The van der Waals surface area contributed by atoms with Crippen molar-refractivity contribution in [3.63, 3.8) is 0 Å². The Morgan fingerprint density at radius 1 is 1.21 bits per heavy atom. The molecule has 0 unspecified atom stereocenters. The van der Waals surface area contributed by atoms with Crippen molar-refractivity contribution < 1.29 is 9.59 Å². The zero-order chi connectivity index (χ0) is 20.0. The molecule has 0 fully saturated rings. The number of carbonyl (C=O) groups excluding carboxylic acids is 2. The molecule has 2 amide bonds. The molecule has 0 saturated heterocycles. The largest absolute Gasteiger partial charge is 0.366 e. The first-order valence-corrected chi connectivity index (χ1v) is 8.88. The first-order chi connectivity index (χ1) is 14.1. The number of aromatic nitrogens is 4. The number of fused-ring (bicyclic) bond motifs is 2. The number of carbonyl (C=O) groups is 2. The third-order valence-corrected chi connectivity index (χ3v) is 4.66. The van der Waals surface area contributed by atoms with Crippen molar-refractivity contribution in [3.05, 3.63) is 66.0 Å². The van der Waals surface area contributed by atoms with Crippen molar-refractivity contribution in [1.29, 1.82) is 0 Å². The lowest BCUT2D eigenvalue weighted by atomic mass is 10.1. The average molecular weight is 385 g/mol. The molecule has 4 aromatic rings. The number of nitrogens with one attached hydrogen (secondary N) is 2. The highest BCUT2D eigenvalue weighted by Gasteiger charge is 2.18. The zero-order valence-corrected chi connectivity index (χ0v) is 15.1. The summed E-state index contributed by atoms with van der Waals surface area (Å²) in [6.45, 7) is 0. The fourth-order valence-electron chi connectivity index (χ4n) is 3.33. The van der Waals surface area contributed by atoms with E-state index >= 15 is 0 Å². The van der Waals surface area contributed by atoms with E-state index in [2.05, 4.69) is 25.7 Å². The van der Waals surface area contributed by atoms with Crippen LogP contribution in [0, 0.1) is 0 Å². The smallest absolute Gasteiger partial charge is 0.248 e. The number of anilines is 3. The van der Waals surface area contributed by atoms with Gasteiger partial charge < -0.3 is 16.4 Å². The minimum absolute atomic E-state index is 0.0167. The van der Waals surface area contributed by atoms with Crippen LogP contribution in [-0.2, 0) is 11.2 Å². The van der Waals surface area contributed by atoms with E-state index in [9.17, 15) is 9.59 Å². The summed E-state index contributed by atoms with van der Waals surface area (Å²) in [4.78, 5) is 32.0. The summed E-state index contributed by atoms with van der Waals surface area (Å²) in [5, 5.41) is 10.4. The van der Waals surface area contributed by atoms with Crippen molar-refractivity contribution >= 4 is 34.8 Å². The number of amides is 2. The van der Waals surface area contributed by atoms with Crippen LogP contribution >= 0.6 is 0 Å². The minimum Gasteiger partial charge on any atom is -0.366 e. The predicted octanol–water partition coefficient (Wildman–Crippen LogP) is 2.13. The van der Waals surface area contributed by atoms with Gasteiger partial charge in [0.05, 0.1) is 6.42 Å². The molecule has 0 atom stereocenters. The Labute approximate surface area is 164 Å². The molecular weight excluding hydrogens is 370 g/mol. The van der Waals surface area contributed by atoms with Gasteiger partial charge in [-0.25, -0.2) is 4.52 Å². The van der Waals surface area contributed by atoms with Gasteiger partial charge in [0.15, 0.2) is 5.65 Å². The number of rotatable bonds is 4. The number of hydrogen-bond acceptors (Lipinski definition) is 6. The van der Waals surface area contributed by atoms with Crippen LogP contribution < -0.4 is 16.4 Å². The van der Waals surface area contributed by atoms with Gasteiger partial charge in [-0.2, -0.15) is 4.98 Å². The van der Waals surface area contributed by atoms with E-state index in [4.69, 9.17) is 5.73 Å². The minimum atomic E-state index is -0.507. The van der Waals surface area contributed by atoms with Crippen LogP contribution in [0.4, 0.5) is 17.3 Å². The average Bonchev–Trinajstić information content (AvgIpc) is 3.29. The summed E-state index contributed by atoms with van der Waals surface area (Å²) in [5.74, 6) is -0.133. The molecule has 142 valence electrons. The van der Waals surface area contributed by atoms with Gasteiger partial charge in [-0.15, -0.1) is 5.10 Å². The Morgan fingerprint density at radius 3 is 2.97 bits per heavy atom. The van der Waals surface area contributed by atoms with Crippen molar-refractivity contribution in [2.45, 2.75) is 6.42 Å². The quantitative estimate of drug-likeness (QED) is 0.494. The molecule has 0 spiro atoms. The monoisotopic (exact) mass is 385 g/mol. The van der Waals surface area contributed by atoms with Gasteiger partial charge in [0.2, 0.25) is 17.8 Å².